The predicted octanol–water partition coefficient (Wildman–Crippen LogP) is 5.62. The fourth-order valence-electron chi connectivity index (χ4n) is 6.37. The number of ketones is 1. The van der Waals surface area contributed by atoms with Crippen LogP contribution in [-0.4, -0.2) is 10.9 Å². The molecular formula is C24H25FO2. The highest BCUT2D eigenvalue weighted by molar-refractivity contribution is 5.87. The molecule has 4 atom stereocenters. The summed E-state index contributed by atoms with van der Waals surface area (Å²) in [7, 11) is 0. The third-order valence-electron chi connectivity index (χ3n) is 7.73. The molecule has 0 bridgehead atoms. The molecule has 0 aromatic heterocycles. The summed E-state index contributed by atoms with van der Waals surface area (Å²) in [5, 5.41) is 10.6. The lowest BCUT2D eigenvalue weighted by Crippen LogP contribution is -2.42. The van der Waals surface area contributed by atoms with Gasteiger partial charge in [0.05, 0.1) is 0 Å². The zero-order chi connectivity index (χ0) is 18.8. The Morgan fingerprint density at radius 3 is 2.59 bits per heavy atom. The molecule has 27 heavy (non-hydrogen) atoms. The third-order valence-corrected chi connectivity index (χ3v) is 7.73. The quantitative estimate of drug-likeness (QED) is 0.713. The Morgan fingerprint density at radius 2 is 1.81 bits per heavy atom. The van der Waals surface area contributed by atoms with Gasteiger partial charge in [0.25, 0.3) is 0 Å². The number of carbonyl (C=O) groups excluding carboxylic acids is 1. The van der Waals surface area contributed by atoms with Crippen molar-refractivity contribution in [1.29, 1.82) is 0 Å². The van der Waals surface area contributed by atoms with E-state index in [0.29, 0.717) is 23.5 Å². The molecule has 0 amide bonds. The molecule has 2 saturated carbocycles. The van der Waals surface area contributed by atoms with Gasteiger partial charge in [-0.05, 0) is 84.7 Å². The minimum Gasteiger partial charge on any atom is -0.507 e. The average Bonchev–Trinajstić information content (AvgIpc) is 2.97. The highest BCUT2D eigenvalue weighted by Gasteiger charge is 2.54. The van der Waals surface area contributed by atoms with Gasteiger partial charge < -0.3 is 5.11 Å². The Morgan fingerprint density at radius 1 is 1.04 bits per heavy atom. The number of rotatable bonds is 1. The van der Waals surface area contributed by atoms with E-state index in [9.17, 15) is 14.3 Å². The number of benzene rings is 2. The first-order valence-electron chi connectivity index (χ1n) is 10.1. The highest BCUT2D eigenvalue weighted by Crippen LogP contribution is 2.60. The Balaban J connectivity index is 1.58. The van der Waals surface area contributed by atoms with Gasteiger partial charge in [-0.1, -0.05) is 25.1 Å². The zero-order valence-corrected chi connectivity index (χ0v) is 15.7. The molecule has 0 unspecified atom stereocenters. The summed E-state index contributed by atoms with van der Waals surface area (Å²) in [6.45, 7) is 2.19. The maximum absolute atomic E-state index is 13.4. The van der Waals surface area contributed by atoms with E-state index in [1.807, 2.05) is 0 Å². The van der Waals surface area contributed by atoms with Gasteiger partial charge in [-0.15, -0.1) is 0 Å². The molecule has 2 aromatic carbocycles. The molecule has 140 valence electrons. The van der Waals surface area contributed by atoms with E-state index in [4.69, 9.17) is 0 Å². The summed E-state index contributed by atoms with van der Waals surface area (Å²) >= 11 is 0. The normalized spacial score (nSPS) is 31.9. The van der Waals surface area contributed by atoms with Crippen LogP contribution in [0.25, 0.3) is 11.1 Å². The summed E-state index contributed by atoms with van der Waals surface area (Å²) in [4.78, 5) is 12.5. The predicted molar refractivity (Wildman–Crippen MR) is 103 cm³/mol. The number of carbonyl (C=O) groups is 1. The van der Waals surface area contributed by atoms with Crippen LogP contribution in [0.2, 0.25) is 0 Å². The molecule has 0 saturated heterocycles. The van der Waals surface area contributed by atoms with E-state index in [2.05, 4.69) is 13.0 Å². The topological polar surface area (TPSA) is 37.3 Å². The van der Waals surface area contributed by atoms with Crippen LogP contribution in [0.1, 0.15) is 56.1 Å². The number of phenolic OH excluding ortho intramolecular Hbond substituents is 1. The van der Waals surface area contributed by atoms with Gasteiger partial charge in [-0.25, -0.2) is 4.39 Å². The van der Waals surface area contributed by atoms with Crippen molar-refractivity contribution >= 4 is 5.78 Å². The van der Waals surface area contributed by atoms with E-state index in [1.165, 1.54) is 23.3 Å². The van der Waals surface area contributed by atoms with Crippen LogP contribution in [0, 0.1) is 23.1 Å². The molecule has 5 rings (SSSR count). The first kappa shape index (κ1) is 17.0. The first-order chi connectivity index (χ1) is 13.0. The Kier molecular flexibility index (Phi) is 3.72. The molecule has 2 fully saturated rings. The molecule has 3 aliphatic carbocycles. The van der Waals surface area contributed by atoms with Gasteiger partial charge in [-0.2, -0.15) is 0 Å². The van der Waals surface area contributed by atoms with Crippen LogP contribution in [0.3, 0.4) is 0 Å². The van der Waals surface area contributed by atoms with Gasteiger partial charge in [0.1, 0.15) is 17.3 Å². The van der Waals surface area contributed by atoms with Crippen molar-refractivity contribution in [3.63, 3.8) is 0 Å². The first-order valence-corrected chi connectivity index (χ1v) is 10.1. The molecule has 2 aromatic rings. The fourth-order valence-corrected chi connectivity index (χ4v) is 6.37. The molecule has 0 aliphatic heterocycles. The van der Waals surface area contributed by atoms with Gasteiger partial charge in [0, 0.05) is 17.4 Å². The van der Waals surface area contributed by atoms with Crippen molar-refractivity contribution < 1.29 is 14.3 Å². The highest BCUT2D eigenvalue weighted by atomic mass is 19.1. The van der Waals surface area contributed by atoms with Crippen molar-refractivity contribution in [1.82, 2.24) is 0 Å². The van der Waals surface area contributed by atoms with Crippen LogP contribution in [0.4, 0.5) is 4.39 Å². The minimum atomic E-state index is -0.263. The van der Waals surface area contributed by atoms with Crippen LogP contribution in [-0.2, 0) is 11.2 Å². The maximum Gasteiger partial charge on any atom is 0.139 e. The van der Waals surface area contributed by atoms with Crippen LogP contribution in [0.5, 0.6) is 5.75 Å². The molecule has 0 radical (unpaired) electrons. The van der Waals surface area contributed by atoms with Gasteiger partial charge in [0.15, 0.2) is 0 Å². The second kappa shape index (κ2) is 5.92. The summed E-state index contributed by atoms with van der Waals surface area (Å²) < 4.78 is 13.4. The Labute approximate surface area is 159 Å². The maximum atomic E-state index is 13.4. The summed E-state index contributed by atoms with van der Waals surface area (Å²) in [6, 6.07) is 10.3. The number of hydrogen-bond acceptors (Lipinski definition) is 2. The van der Waals surface area contributed by atoms with E-state index < -0.39 is 0 Å². The smallest absolute Gasteiger partial charge is 0.139 e. The Bertz CT molecular complexity index is 917. The van der Waals surface area contributed by atoms with E-state index in [0.717, 1.165) is 49.7 Å². The van der Waals surface area contributed by atoms with Crippen molar-refractivity contribution in [2.24, 2.45) is 17.3 Å². The molecule has 2 nitrogen and oxygen atoms in total. The lowest BCUT2D eigenvalue weighted by Gasteiger charge is -2.48. The van der Waals surface area contributed by atoms with E-state index in [-0.39, 0.29) is 17.0 Å². The van der Waals surface area contributed by atoms with Crippen LogP contribution in [0.15, 0.2) is 36.4 Å². The van der Waals surface area contributed by atoms with Crippen molar-refractivity contribution in [3.8, 4) is 16.9 Å². The molecule has 0 heterocycles. The van der Waals surface area contributed by atoms with Gasteiger partial charge >= 0.3 is 0 Å². The lowest BCUT2D eigenvalue weighted by atomic mass is 9.55. The standard InChI is InChI=1S/C24H25FO2/c1-24-13-12-17-16-8-10-21(26)23(14-2-4-15(25)5-3-14)19(16)7-6-18(17)20(24)9-11-22(24)27/h2-5,8,10,17-18,20,26H,6-7,9,11-13H2,1H3/t17-,18-,20+,24+/m1/s1. The zero-order valence-electron chi connectivity index (χ0n) is 15.7. The number of halogens is 1. The minimum absolute atomic E-state index is 0.116. The molecule has 3 aliphatic rings. The monoisotopic (exact) mass is 364 g/mol. The molecule has 0 spiro atoms. The van der Waals surface area contributed by atoms with E-state index in [1.54, 1.807) is 18.2 Å². The van der Waals surface area contributed by atoms with E-state index >= 15 is 0 Å². The second-order valence-electron chi connectivity index (χ2n) is 8.87. The largest absolute Gasteiger partial charge is 0.507 e. The van der Waals surface area contributed by atoms with Crippen LogP contribution >= 0.6 is 0 Å². The summed E-state index contributed by atoms with van der Waals surface area (Å²) in [6.07, 6.45) is 5.79. The summed E-state index contributed by atoms with van der Waals surface area (Å²) in [5.41, 5.74) is 4.18. The molecular weight excluding hydrogens is 339 g/mol. The number of phenols is 1. The second-order valence-corrected chi connectivity index (χ2v) is 8.87. The Hall–Kier alpha value is -2.16. The number of fused-ring (bicyclic) bond motifs is 5. The molecule has 1 N–H and O–H groups in total. The lowest BCUT2D eigenvalue weighted by molar-refractivity contribution is -0.129. The third kappa shape index (κ3) is 2.40. The van der Waals surface area contributed by atoms with Gasteiger partial charge in [0.2, 0.25) is 0 Å². The number of Topliss-reactive ketones (excluding diaryl/α,β-unsaturated/α-hetero) is 1. The van der Waals surface area contributed by atoms with Crippen molar-refractivity contribution in [2.75, 3.05) is 0 Å². The van der Waals surface area contributed by atoms with Crippen LogP contribution < -0.4 is 0 Å². The van der Waals surface area contributed by atoms with Crippen molar-refractivity contribution in [3.05, 3.63) is 53.3 Å². The number of hydrogen-bond donors (Lipinski definition) is 1. The van der Waals surface area contributed by atoms with Gasteiger partial charge in [-0.3, -0.25) is 4.79 Å². The fraction of sp³-hybridized carbons (Fsp3) is 0.458. The summed E-state index contributed by atoms with van der Waals surface area (Å²) in [5.74, 6) is 2.01. The SMILES string of the molecule is C[C@]12CC[C@@H]3c4ccc(O)c(-c5ccc(F)cc5)c4CC[C@H]3[C@@H]1CCC2=O. The van der Waals surface area contributed by atoms with Crippen molar-refractivity contribution in [2.45, 2.75) is 51.4 Å². The average molecular weight is 364 g/mol. The number of aromatic hydroxyl groups is 1. The molecule has 3 heteroatoms.